The first-order chi connectivity index (χ1) is 17.0. The van der Waals surface area contributed by atoms with Gasteiger partial charge in [0.1, 0.15) is 12.1 Å². The molecule has 1 fully saturated rings. The molecule has 2 N–H and O–H groups in total. The molecule has 1 aliphatic heterocycles. The number of aromatic hydroxyl groups is 1. The van der Waals surface area contributed by atoms with Gasteiger partial charge in [-0.2, -0.15) is 9.97 Å². The van der Waals surface area contributed by atoms with Crippen molar-refractivity contribution in [3.63, 3.8) is 0 Å². The van der Waals surface area contributed by atoms with E-state index in [4.69, 9.17) is 9.97 Å². The molecule has 0 spiro atoms. The number of hydrogen-bond donors (Lipinski definition) is 2. The van der Waals surface area contributed by atoms with Crippen LogP contribution in [0.5, 0.6) is 5.75 Å². The molecule has 5 rings (SSSR count). The molecule has 182 valence electrons. The van der Waals surface area contributed by atoms with Crippen LogP contribution in [0.2, 0.25) is 0 Å². The summed E-state index contributed by atoms with van der Waals surface area (Å²) in [7, 11) is 1.98. The molecule has 10 nitrogen and oxygen atoms in total. The van der Waals surface area contributed by atoms with E-state index in [0.717, 1.165) is 49.0 Å². The molecule has 3 aromatic heterocycles. The molecule has 1 aromatic carbocycles. The molecule has 0 amide bonds. The summed E-state index contributed by atoms with van der Waals surface area (Å²) in [5.74, 6) is 1.67. The van der Waals surface area contributed by atoms with Gasteiger partial charge in [-0.05, 0) is 49.7 Å². The number of benzene rings is 1. The lowest BCUT2D eigenvalue weighted by Crippen LogP contribution is -2.47. The molecule has 35 heavy (non-hydrogen) atoms. The highest BCUT2D eigenvalue weighted by molar-refractivity contribution is 5.86. The number of phenols is 1. The van der Waals surface area contributed by atoms with Gasteiger partial charge in [-0.25, -0.2) is 4.98 Å². The molecule has 10 heteroatoms. The average Bonchev–Trinajstić information content (AvgIpc) is 3.33. The Bertz CT molecular complexity index is 1270. The minimum Gasteiger partial charge on any atom is -0.508 e. The number of hydrogen-bond acceptors (Lipinski definition) is 9. The number of pyridine rings is 1. The van der Waals surface area contributed by atoms with Crippen LogP contribution in [-0.4, -0.2) is 80.6 Å². The number of imidazole rings is 1. The van der Waals surface area contributed by atoms with Crippen molar-refractivity contribution in [3.05, 3.63) is 55.1 Å². The fourth-order valence-electron chi connectivity index (χ4n) is 4.36. The van der Waals surface area contributed by atoms with Crippen molar-refractivity contribution < 1.29 is 10.2 Å². The predicted molar refractivity (Wildman–Crippen MR) is 137 cm³/mol. The Morgan fingerprint density at radius 3 is 2.43 bits per heavy atom. The lowest BCUT2D eigenvalue weighted by Gasteiger charge is -2.36. The van der Waals surface area contributed by atoms with Crippen molar-refractivity contribution in [3.8, 4) is 11.4 Å². The van der Waals surface area contributed by atoms with E-state index in [-0.39, 0.29) is 18.4 Å². The maximum Gasteiger partial charge on any atom is 0.229 e. The van der Waals surface area contributed by atoms with Gasteiger partial charge in [0.05, 0.1) is 11.9 Å². The average molecular weight is 475 g/mol. The van der Waals surface area contributed by atoms with Crippen LogP contribution in [-0.2, 0) is 0 Å². The van der Waals surface area contributed by atoms with E-state index in [0.29, 0.717) is 17.9 Å². The summed E-state index contributed by atoms with van der Waals surface area (Å²) >= 11 is 0. The zero-order valence-corrected chi connectivity index (χ0v) is 20.0. The standard InChI is InChI=1S/C25H30N8O2/c1-18(9-15-34)30(2)23-22-24(33(17-27-22)20-4-3-10-26-16-20)29-25(28-23)32-13-11-31(12-14-32)19-5-7-21(35)8-6-19/h3-8,10,16-18,34-35H,9,11-15H2,1-2H3/t18-/m0/s1. The third kappa shape index (κ3) is 4.57. The van der Waals surface area contributed by atoms with E-state index < -0.39 is 0 Å². The van der Waals surface area contributed by atoms with Crippen LogP contribution in [0.25, 0.3) is 16.9 Å². The number of aliphatic hydroxyl groups excluding tert-OH is 1. The Morgan fingerprint density at radius 2 is 1.74 bits per heavy atom. The van der Waals surface area contributed by atoms with Gasteiger partial charge in [0, 0.05) is 57.8 Å². The van der Waals surface area contributed by atoms with Gasteiger partial charge in [0.25, 0.3) is 0 Å². The van der Waals surface area contributed by atoms with Crippen LogP contribution < -0.4 is 14.7 Å². The number of aliphatic hydroxyl groups is 1. The number of rotatable bonds is 7. The predicted octanol–water partition coefficient (Wildman–Crippen LogP) is 2.45. The van der Waals surface area contributed by atoms with Crippen LogP contribution in [0.4, 0.5) is 17.5 Å². The minimum atomic E-state index is 0.0841. The van der Waals surface area contributed by atoms with Crippen LogP contribution in [0.15, 0.2) is 55.1 Å². The Hall–Kier alpha value is -3.92. The fraction of sp³-hybridized carbons (Fsp3) is 0.360. The third-order valence-electron chi connectivity index (χ3n) is 6.61. The van der Waals surface area contributed by atoms with Gasteiger partial charge < -0.3 is 24.9 Å². The van der Waals surface area contributed by atoms with Crippen molar-refractivity contribution in [1.29, 1.82) is 0 Å². The van der Waals surface area contributed by atoms with Crippen LogP contribution in [0, 0.1) is 0 Å². The van der Waals surface area contributed by atoms with Gasteiger partial charge in [-0.15, -0.1) is 0 Å². The lowest BCUT2D eigenvalue weighted by molar-refractivity contribution is 0.277. The quantitative estimate of drug-likeness (QED) is 0.418. The Labute approximate surface area is 204 Å². The first kappa shape index (κ1) is 22.9. The van der Waals surface area contributed by atoms with E-state index in [1.165, 1.54) is 0 Å². The second-order valence-electron chi connectivity index (χ2n) is 8.81. The molecule has 4 aromatic rings. The Balaban J connectivity index is 1.49. The molecule has 4 heterocycles. The summed E-state index contributed by atoms with van der Waals surface area (Å²) in [6, 6.07) is 11.3. The lowest BCUT2D eigenvalue weighted by atomic mass is 10.2. The number of fused-ring (bicyclic) bond motifs is 1. The van der Waals surface area contributed by atoms with Gasteiger partial charge in [0.15, 0.2) is 17.0 Å². The van der Waals surface area contributed by atoms with E-state index in [1.807, 2.05) is 35.9 Å². The number of anilines is 3. The SMILES string of the molecule is C[C@@H](CCO)N(C)c1nc(N2CCN(c3ccc(O)cc3)CC2)nc2c1ncn2-c1cccnc1. The molecule has 0 bridgehead atoms. The van der Waals surface area contributed by atoms with Gasteiger partial charge in [0.2, 0.25) is 5.95 Å². The zero-order valence-electron chi connectivity index (χ0n) is 20.0. The maximum absolute atomic E-state index is 9.59. The molecule has 1 aliphatic rings. The van der Waals surface area contributed by atoms with E-state index in [2.05, 4.69) is 31.6 Å². The normalized spacial score (nSPS) is 14.9. The second-order valence-corrected chi connectivity index (χ2v) is 8.81. The highest BCUT2D eigenvalue weighted by atomic mass is 16.3. The number of piperazine rings is 1. The van der Waals surface area contributed by atoms with Crippen LogP contribution >= 0.6 is 0 Å². The monoisotopic (exact) mass is 474 g/mol. The summed E-state index contributed by atoms with van der Waals surface area (Å²) in [4.78, 5) is 25.4. The van der Waals surface area contributed by atoms with Crippen molar-refractivity contribution >= 4 is 28.6 Å². The smallest absolute Gasteiger partial charge is 0.229 e. The Kier molecular flexibility index (Phi) is 6.37. The minimum absolute atomic E-state index is 0.0841. The topological polar surface area (TPSA) is 107 Å². The molecule has 0 unspecified atom stereocenters. The molecular weight excluding hydrogens is 444 g/mol. The molecule has 0 aliphatic carbocycles. The number of phenolic OH excluding ortho intramolecular Hbond substituents is 1. The number of nitrogens with zero attached hydrogens (tertiary/aromatic N) is 8. The Morgan fingerprint density at radius 1 is 1.00 bits per heavy atom. The summed E-state index contributed by atoms with van der Waals surface area (Å²) < 4.78 is 1.94. The third-order valence-corrected chi connectivity index (χ3v) is 6.61. The molecule has 0 saturated carbocycles. The summed E-state index contributed by atoms with van der Waals surface area (Å²) in [5.41, 5.74) is 3.41. The van der Waals surface area contributed by atoms with E-state index in [1.54, 1.807) is 30.9 Å². The number of aromatic nitrogens is 5. The van der Waals surface area contributed by atoms with E-state index in [9.17, 15) is 10.2 Å². The van der Waals surface area contributed by atoms with Gasteiger partial charge >= 0.3 is 0 Å². The summed E-state index contributed by atoms with van der Waals surface area (Å²) in [5, 5.41) is 19.1. The maximum atomic E-state index is 9.59. The first-order valence-electron chi connectivity index (χ1n) is 11.8. The molecule has 0 radical (unpaired) electrons. The fourth-order valence-corrected chi connectivity index (χ4v) is 4.36. The zero-order chi connectivity index (χ0) is 24.4. The van der Waals surface area contributed by atoms with Crippen LogP contribution in [0.1, 0.15) is 13.3 Å². The van der Waals surface area contributed by atoms with Crippen molar-refractivity contribution in [1.82, 2.24) is 24.5 Å². The molecule has 1 saturated heterocycles. The van der Waals surface area contributed by atoms with Crippen molar-refractivity contribution in [2.24, 2.45) is 0 Å². The van der Waals surface area contributed by atoms with E-state index >= 15 is 0 Å². The van der Waals surface area contributed by atoms with Crippen molar-refractivity contribution in [2.75, 3.05) is 54.5 Å². The van der Waals surface area contributed by atoms with Gasteiger partial charge in [-0.1, -0.05) is 0 Å². The first-order valence-corrected chi connectivity index (χ1v) is 11.8. The highest BCUT2D eigenvalue weighted by Crippen LogP contribution is 2.29. The molecule has 1 atom stereocenters. The highest BCUT2D eigenvalue weighted by Gasteiger charge is 2.25. The van der Waals surface area contributed by atoms with Gasteiger partial charge in [-0.3, -0.25) is 9.55 Å². The van der Waals surface area contributed by atoms with Crippen LogP contribution in [0.3, 0.4) is 0 Å². The summed E-state index contributed by atoms with van der Waals surface area (Å²) in [6.07, 6.45) is 5.92. The second kappa shape index (κ2) is 9.75. The largest absolute Gasteiger partial charge is 0.508 e. The molecular formula is C25H30N8O2. The summed E-state index contributed by atoms with van der Waals surface area (Å²) in [6.45, 7) is 5.35. The van der Waals surface area contributed by atoms with Crippen molar-refractivity contribution in [2.45, 2.75) is 19.4 Å².